The number of hydrogen-bond acceptors (Lipinski definition) is 4. The minimum Gasteiger partial charge on any atom is -0.326 e. The summed E-state index contributed by atoms with van der Waals surface area (Å²) in [4.78, 5) is 27.6. The average molecular weight is 282 g/mol. The highest BCUT2D eigenvalue weighted by Gasteiger charge is 2.43. The van der Waals surface area contributed by atoms with Gasteiger partial charge in [-0.15, -0.1) is 0 Å². The maximum absolute atomic E-state index is 12.8. The minimum absolute atomic E-state index is 0.00629. The van der Waals surface area contributed by atoms with Crippen molar-refractivity contribution in [1.82, 2.24) is 19.9 Å². The fraction of sp³-hybridized carbons (Fsp3) is 0.375. The van der Waals surface area contributed by atoms with Gasteiger partial charge in [0.05, 0.1) is 5.56 Å². The molecule has 1 amide bonds. The second kappa shape index (κ2) is 5.24. The molecule has 0 unspecified atom stereocenters. The topological polar surface area (TPSA) is 59.0 Å². The van der Waals surface area contributed by atoms with Gasteiger partial charge in [0.1, 0.15) is 5.54 Å². The van der Waals surface area contributed by atoms with Crippen LogP contribution in [0.2, 0.25) is 0 Å². The van der Waals surface area contributed by atoms with Crippen LogP contribution in [0, 0.1) is 6.92 Å². The number of carbonyl (C=O) groups is 1. The quantitative estimate of drug-likeness (QED) is 0.848. The van der Waals surface area contributed by atoms with E-state index in [2.05, 4.69) is 15.0 Å². The van der Waals surface area contributed by atoms with Crippen LogP contribution >= 0.6 is 0 Å². The van der Waals surface area contributed by atoms with Gasteiger partial charge in [-0.1, -0.05) is 0 Å². The Morgan fingerprint density at radius 2 is 2.19 bits per heavy atom. The van der Waals surface area contributed by atoms with Crippen molar-refractivity contribution >= 4 is 5.91 Å². The number of rotatable bonds is 2. The first-order valence-corrected chi connectivity index (χ1v) is 7.13. The average Bonchev–Trinajstić information content (AvgIpc) is 2.91. The van der Waals surface area contributed by atoms with Gasteiger partial charge in [-0.25, -0.2) is 9.97 Å². The Hall–Kier alpha value is -2.30. The summed E-state index contributed by atoms with van der Waals surface area (Å²) in [5, 5.41) is 0. The van der Waals surface area contributed by atoms with E-state index in [1.165, 1.54) is 0 Å². The van der Waals surface area contributed by atoms with E-state index in [-0.39, 0.29) is 5.91 Å². The highest BCUT2D eigenvalue weighted by molar-refractivity contribution is 5.94. The molecule has 5 nitrogen and oxygen atoms in total. The van der Waals surface area contributed by atoms with Crippen molar-refractivity contribution in [2.45, 2.75) is 32.2 Å². The van der Waals surface area contributed by atoms with Crippen molar-refractivity contribution in [3.05, 3.63) is 53.9 Å². The summed E-state index contributed by atoms with van der Waals surface area (Å²) in [5.74, 6) is 0.713. The molecule has 0 radical (unpaired) electrons. The molecule has 1 atom stereocenters. The van der Waals surface area contributed by atoms with Crippen LogP contribution in [0.3, 0.4) is 0 Å². The van der Waals surface area contributed by atoms with Gasteiger partial charge in [-0.3, -0.25) is 9.78 Å². The number of carbonyl (C=O) groups excluding carboxylic acids is 1. The van der Waals surface area contributed by atoms with Gasteiger partial charge >= 0.3 is 0 Å². The molecule has 1 fully saturated rings. The maximum Gasteiger partial charge on any atom is 0.256 e. The van der Waals surface area contributed by atoms with Crippen molar-refractivity contribution in [3.8, 4) is 0 Å². The number of pyridine rings is 1. The molecular formula is C16H18N4O. The van der Waals surface area contributed by atoms with Crippen LogP contribution in [0.25, 0.3) is 0 Å². The minimum atomic E-state index is -0.445. The van der Waals surface area contributed by atoms with E-state index in [1.807, 2.05) is 24.8 Å². The number of aryl methyl sites for hydroxylation is 1. The molecule has 0 aliphatic carbocycles. The SMILES string of the molecule is Cc1ccnc([C@@]2(C)CCCN2C(=O)c2cccnc2)n1. The molecular weight excluding hydrogens is 264 g/mol. The number of amides is 1. The van der Waals surface area contributed by atoms with Crippen LogP contribution in [-0.4, -0.2) is 32.3 Å². The molecule has 1 saturated heterocycles. The predicted octanol–water partition coefficient (Wildman–Crippen LogP) is 2.33. The Labute approximate surface area is 124 Å². The normalized spacial score (nSPS) is 21.5. The van der Waals surface area contributed by atoms with Crippen molar-refractivity contribution in [1.29, 1.82) is 0 Å². The Kier molecular flexibility index (Phi) is 3.41. The molecule has 0 spiro atoms. The Morgan fingerprint density at radius 3 is 2.90 bits per heavy atom. The largest absolute Gasteiger partial charge is 0.326 e. The lowest BCUT2D eigenvalue weighted by atomic mass is 9.97. The summed E-state index contributed by atoms with van der Waals surface area (Å²) in [6.07, 6.45) is 6.87. The third-order valence-electron chi connectivity index (χ3n) is 4.07. The molecule has 1 aliphatic heterocycles. The smallest absolute Gasteiger partial charge is 0.256 e. The maximum atomic E-state index is 12.8. The van der Waals surface area contributed by atoms with E-state index >= 15 is 0 Å². The fourth-order valence-electron chi connectivity index (χ4n) is 2.87. The van der Waals surface area contributed by atoms with E-state index in [0.717, 1.165) is 30.9 Å². The van der Waals surface area contributed by atoms with Crippen LogP contribution in [-0.2, 0) is 5.54 Å². The van der Waals surface area contributed by atoms with Crippen LogP contribution in [0.15, 0.2) is 36.8 Å². The van der Waals surface area contributed by atoms with Gasteiger partial charge < -0.3 is 4.90 Å². The molecule has 0 aromatic carbocycles. The molecule has 2 aromatic rings. The van der Waals surface area contributed by atoms with Gasteiger partial charge in [-0.05, 0) is 44.9 Å². The summed E-state index contributed by atoms with van der Waals surface area (Å²) in [6.45, 7) is 4.71. The molecule has 3 rings (SSSR count). The van der Waals surface area contributed by atoms with E-state index in [4.69, 9.17) is 0 Å². The third kappa shape index (κ3) is 2.39. The highest BCUT2D eigenvalue weighted by Crippen LogP contribution is 2.37. The second-order valence-electron chi connectivity index (χ2n) is 5.60. The number of likely N-dealkylation sites (tertiary alicyclic amines) is 1. The molecule has 3 heterocycles. The van der Waals surface area contributed by atoms with Gasteiger partial charge in [0.2, 0.25) is 0 Å². The van der Waals surface area contributed by atoms with E-state index in [1.54, 1.807) is 30.7 Å². The Morgan fingerprint density at radius 1 is 1.33 bits per heavy atom. The van der Waals surface area contributed by atoms with Crippen molar-refractivity contribution in [2.75, 3.05) is 6.54 Å². The van der Waals surface area contributed by atoms with E-state index in [9.17, 15) is 4.79 Å². The Bertz CT molecular complexity index is 658. The van der Waals surface area contributed by atoms with Crippen LogP contribution in [0.4, 0.5) is 0 Å². The fourth-order valence-corrected chi connectivity index (χ4v) is 2.87. The summed E-state index contributed by atoms with van der Waals surface area (Å²) in [7, 11) is 0. The molecule has 0 N–H and O–H groups in total. The summed E-state index contributed by atoms with van der Waals surface area (Å²) >= 11 is 0. The van der Waals surface area contributed by atoms with Gasteiger partial charge in [-0.2, -0.15) is 0 Å². The third-order valence-corrected chi connectivity index (χ3v) is 4.07. The first-order valence-electron chi connectivity index (χ1n) is 7.13. The van der Waals surface area contributed by atoms with Gasteiger partial charge in [0, 0.05) is 30.8 Å². The lowest BCUT2D eigenvalue weighted by Crippen LogP contribution is -2.44. The Balaban J connectivity index is 1.97. The molecule has 0 saturated carbocycles. The monoisotopic (exact) mass is 282 g/mol. The highest BCUT2D eigenvalue weighted by atomic mass is 16.2. The summed E-state index contributed by atoms with van der Waals surface area (Å²) < 4.78 is 0. The molecule has 1 aliphatic rings. The zero-order valence-electron chi connectivity index (χ0n) is 12.3. The van der Waals surface area contributed by atoms with Crippen LogP contribution in [0.5, 0.6) is 0 Å². The van der Waals surface area contributed by atoms with Crippen molar-refractivity contribution < 1.29 is 4.79 Å². The first-order chi connectivity index (χ1) is 10.1. The molecule has 108 valence electrons. The molecule has 0 bridgehead atoms. The van der Waals surface area contributed by atoms with Crippen molar-refractivity contribution in [2.24, 2.45) is 0 Å². The van der Waals surface area contributed by atoms with Crippen LogP contribution < -0.4 is 0 Å². The zero-order valence-corrected chi connectivity index (χ0v) is 12.3. The van der Waals surface area contributed by atoms with Gasteiger partial charge in [0.25, 0.3) is 5.91 Å². The predicted molar refractivity (Wildman–Crippen MR) is 78.6 cm³/mol. The molecule has 5 heteroatoms. The van der Waals surface area contributed by atoms with E-state index < -0.39 is 5.54 Å². The lowest BCUT2D eigenvalue weighted by Gasteiger charge is -2.34. The number of aromatic nitrogens is 3. The molecule has 21 heavy (non-hydrogen) atoms. The zero-order chi connectivity index (χ0) is 14.9. The second-order valence-corrected chi connectivity index (χ2v) is 5.60. The van der Waals surface area contributed by atoms with Crippen LogP contribution in [0.1, 0.15) is 41.6 Å². The number of hydrogen-bond donors (Lipinski definition) is 0. The van der Waals surface area contributed by atoms with E-state index in [0.29, 0.717) is 5.56 Å². The number of nitrogens with zero attached hydrogens (tertiary/aromatic N) is 4. The standard InChI is InChI=1S/C16H18N4O/c1-12-6-9-18-15(19-12)16(2)7-4-10-20(16)14(21)13-5-3-8-17-11-13/h3,5-6,8-9,11H,4,7,10H2,1-2H3/t16-/m1/s1. The van der Waals surface area contributed by atoms with Gasteiger partial charge in [0.15, 0.2) is 5.82 Å². The lowest BCUT2D eigenvalue weighted by molar-refractivity contribution is 0.0603. The molecule has 2 aromatic heterocycles. The van der Waals surface area contributed by atoms with Crippen molar-refractivity contribution in [3.63, 3.8) is 0 Å². The first kappa shape index (κ1) is 13.7. The summed E-state index contributed by atoms with van der Waals surface area (Å²) in [5.41, 5.74) is 1.08. The summed E-state index contributed by atoms with van der Waals surface area (Å²) in [6, 6.07) is 5.45.